The van der Waals surface area contributed by atoms with E-state index in [1.165, 1.54) is 7.11 Å². The van der Waals surface area contributed by atoms with Crippen molar-refractivity contribution in [2.75, 3.05) is 12.4 Å². The van der Waals surface area contributed by atoms with Gasteiger partial charge in [-0.1, -0.05) is 6.07 Å². The molecule has 3 aromatic rings. The second kappa shape index (κ2) is 6.80. The van der Waals surface area contributed by atoms with Gasteiger partial charge in [0.05, 0.1) is 36.2 Å². The molecule has 3 rings (SSSR count). The molecule has 0 fully saturated rings. The van der Waals surface area contributed by atoms with E-state index in [9.17, 15) is 0 Å². The third-order valence-electron chi connectivity index (χ3n) is 2.79. The first-order valence-corrected chi connectivity index (χ1v) is 7.39. The zero-order chi connectivity index (χ0) is 16.2. The SMILES string of the molecule is COOSc1n[nH]c2nc(Cl)nc(Nc3cccc(C#N)c3)c12. The van der Waals surface area contributed by atoms with Crippen LogP contribution in [0.15, 0.2) is 29.3 Å². The van der Waals surface area contributed by atoms with Crippen LogP contribution < -0.4 is 5.32 Å². The lowest BCUT2D eigenvalue weighted by atomic mass is 10.2. The molecule has 0 aliphatic rings. The number of anilines is 2. The highest BCUT2D eigenvalue weighted by atomic mass is 35.5. The Kier molecular flexibility index (Phi) is 4.59. The molecule has 0 saturated carbocycles. The Morgan fingerprint density at radius 3 is 3.04 bits per heavy atom. The summed E-state index contributed by atoms with van der Waals surface area (Å²) in [6.07, 6.45) is 0. The lowest BCUT2D eigenvalue weighted by molar-refractivity contribution is -0.160. The molecule has 0 spiro atoms. The number of aromatic nitrogens is 4. The Bertz CT molecular complexity index is 894. The monoisotopic (exact) mass is 348 g/mol. The highest BCUT2D eigenvalue weighted by Gasteiger charge is 2.16. The summed E-state index contributed by atoms with van der Waals surface area (Å²) in [4.78, 5) is 12.8. The molecule has 0 atom stereocenters. The van der Waals surface area contributed by atoms with Crippen molar-refractivity contribution in [3.8, 4) is 6.07 Å². The zero-order valence-electron chi connectivity index (χ0n) is 11.7. The third-order valence-corrected chi connectivity index (χ3v) is 3.62. The van der Waals surface area contributed by atoms with Gasteiger partial charge in [-0.2, -0.15) is 24.7 Å². The van der Waals surface area contributed by atoms with Gasteiger partial charge in [0.2, 0.25) is 5.28 Å². The summed E-state index contributed by atoms with van der Waals surface area (Å²) in [6.45, 7) is 0. The van der Waals surface area contributed by atoms with Crippen molar-refractivity contribution < 1.29 is 9.22 Å². The highest BCUT2D eigenvalue weighted by Crippen LogP contribution is 2.32. The van der Waals surface area contributed by atoms with Crippen LogP contribution in [0.3, 0.4) is 0 Å². The first-order valence-electron chi connectivity index (χ1n) is 6.27. The van der Waals surface area contributed by atoms with E-state index in [0.29, 0.717) is 33.1 Å². The number of H-pyrrole nitrogens is 1. The van der Waals surface area contributed by atoms with E-state index in [4.69, 9.17) is 21.2 Å². The minimum atomic E-state index is 0.0595. The smallest absolute Gasteiger partial charge is 0.226 e. The molecular formula is C13H9ClN6O2S. The molecule has 2 aromatic heterocycles. The Morgan fingerprint density at radius 2 is 2.26 bits per heavy atom. The summed E-state index contributed by atoms with van der Waals surface area (Å²) in [7, 11) is 1.39. The van der Waals surface area contributed by atoms with Crippen LogP contribution in [0, 0.1) is 11.3 Å². The van der Waals surface area contributed by atoms with Gasteiger partial charge in [0.1, 0.15) is 5.82 Å². The summed E-state index contributed by atoms with van der Waals surface area (Å²) in [5, 5.41) is 20.1. The maximum absolute atomic E-state index is 8.98. The fourth-order valence-corrected chi connectivity index (χ4v) is 2.56. The molecule has 8 nitrogen and oxygen atoms in total. The van der Waals surface area contributed by atoms with E-state index in [2.05, 4.69) is 36.4 Å². The van der Waals surface area contributed by atoms with Crippen LogP contribution in [0.5, 0.6) is 0 Å². The summed E-state index contributed by atoms with van der Waals surface area (Å²) < 4.78 is 4.83. The molecule has 23 heavy (non-hydrogen) atoms. The molecule has 2 N–H and O–H groups in total. The fraction of sp³-hybridized carbons (Fsp3) is 0.0769. The van der Waals surface area contributed by atoms with Crippen LogP contribution in [0.4, 0.5) is 11.5 Å². The molecule has 0 radical (unpaired) electrons. The number of nitrogens with one attached hydrogen (secondary N) is 2. The van der Waals surface area contributed by atoms with E-state index < -0.39 is 0 Å². The lowest BCUT2D eigenvalue weighted by Crippen LogP contribution is -1.97. The van der Waals surface area contributed by atoms with Gasteiger partial charge in [-0.15, -0.1) is 0 Å². The predicted molar refractivity (Wildman–Crippen MR) is 85.1 cm³/mol. The fourth-order valence-electron chi connectivity index (χ4n) is 1.90. The number of rotatable bonds is 5. The molecule has 10 heteroatoms. The minimum Gasteiger partial charge on any atom is -0.339 e. The summed E-state index contributed by atoms with van der Waals surface area (Å²) in [5.41, 5.74) is 1.66. The number of aromatic amines is 1. The maximum Gasteiger partial charge on any atom is 0.226 e. The van der Waals surface area contributed by atoms with Crippen LogP contribution in [0.1, 0.15) is 5.56 Å². The number of hydrogen-bond donors (Lipinski definition) is 2. The van der Waals surface area contributed by atoms with Gasteiger partial charge in [0, 0.05) is 5.69 Å². The van der Waals surface area contributed by atoms with Gasteiger partial charge in [0.25, 0.3) is 0 Å². The van der Waals surface area contributed by atoms with Gasteiger partial charge in [-0.25, -0.2) is 4.89 Å². The molecule has 2 heterocycles. The largest absolute Gasteiger partial charge is 0.339 e. The average Bonchev–Trinajstić information content (AvgIpc) is 2.96. The van der Waals surface area contributed by atoms with E-state index in [1.54, 1.807) is 24.3 Å². The molecule has 0 aliphatic carbocycles. The predicted octanol–water partition coefficient (Wildman–Crippen LogP) is 3.21. The first kappa shape index (κ1) is 15.5. The van der Waals surface area contributed by atoms with Gasteiger partial charge in [-0.3, -0.25) is 5.10 Å². The van der Waals surface area contributed by atoms with Gasteiger partial charge >= 0.3 is 0 Å². The van der Waals surface area contributed by atoms with Crippen molar-refractivity contribution in [1.29, 1.82) is 5.26 Å². The van der Waals surface area contributed by atoms with E-state index >= 15 is 0 Å². The zero-order valence-corrected chi connectivity index (χ0v) is 13.3. The third kappa shape index (κ3) is 3.35. The molecule has 0 bridgehead atoms. The number of benzene rings is 1. The van der Waals surface area contributed by atoms with Crippen LogP contribution in [0.2, 0.25) is 5.28 Å². The van der Waals surface area contributed by atoms with Crippen LogP contribution in [-0.2, 0) is 9.22 Å². The highest BCUT2D eigenvalue weighted by molar-refractivity contribution is 7.94. The average molecular weight is 349 g/mol. The van der Waals surface area contributed by atoms with E-state index in [-0.39, 0.29) is 5.28 Å². The Labute approximate surface area is 139 Å². The van der Waals surface area contributed by atoms with Crippen LogP contribution in [-0.4, -0.2) is 27.3 Å². The first-order chi connectivity index (χ1) is 11.2. The lowest BCUT2D eigenvalue weighted by Gasteiger charge is -2.07. The van der Waals surface area contributed by atoms with Gasteiger partial charge in [-0.05, 0) is 29.8 Å². The standard InChI is InChI=1S/C13H9ClN6O2S/c1-21-22-23-12-9-10(17-13(14)18-11(9)19-20-12)16-8-4-2-3-7(5-8)6-15/h2-5H,1H3,(H2,16,17,18,19,20). The van der Waals surface area contributed by atoms with Crippen molar-refractivity contribution in [1.82, 2.24) is 20.2 Å². The number of fused-ring (bicyclic) bond motifs is 1. The maximum atomic E-state index is 8.98. The number of nitriles is 1. The molecule has 0 amide bonds. The van der Waals surface area contributed by atoms with Crippen molar-refractivity contribution in [2.24, 2.45) is 0 Å². The van der Waals surface area contributed by atoms with E-state index in [1.807, 2.05) is 0 Å². The van der Waals surface area contributed by atoms with Crippen molar-refractivity contribution >= 4 is 46.2 Å². The number of halogens is 1. The quantitative estimate of drug-likeness (QED) is 0.313. The van der Waals surface area contributed by atoms with Crippen molar-refractivity contribution in [3.05, 3.63) is 35.1 Å². The van der Waals surface area contributed by atoms with E-state index in [0.717, 1.165) is 12.0 Å². The second-order valence-corrected chi connectivity index (χ2v) is 5.26. The molecule has 116 valence electrons. The number of nitrogens with zero attached hydrogens (tertiary/aromatic N) is 4. The molecule has 0 saturated heterocycles. The summed E-state index contributed by atoms with van der Waals surface area (Å²) in [5.74, 6) is 0.436. The van der Waals surface area contributed by atoms with Crippen molar-refractivity contribution in [3.63, 3.8) is 0 Å². The Morgan fingerprint density at radius 1 is 1.39 bits per heavy atom. The molecule has 0 unspecified atom stereocenters. The second-order valence-electron chi connectivity index (χ2n) is 4.23. The topological polar surface area (TPSA) is 109 Å². The van der Waals surface area contributed by atoms with Crippen molar-refractivity contribution in [2.45, 2.75) is 5.03 Å². The van der Waals surface area contributed by atoms with Gasteiger partial charge < -0.3 is 5.32 Å². The Hall–Kier alpha value is -2.38. The summed E-state index contributed by atoms with van der Waals surface area (Å²) >= 11 is 6.85. The molecule has 1 aromatic carbocycles. The van der Waals surface area contributed by atoms with Gasteiger partial charge in [0.15, 0.2) is 10.7 Å². The Balaban J connectivity index is 2.04. The molecular weight excluding hydrogens is 340 g/mol. The summed E-state index contributed by atoms with van der Waals surface area (Å²) in [6, 6.07) is 9.05. The minimum absolute atomic E-state index is 0.0595. The molecule has 0 aliphatic heterocycles. The normalized spacial score (nSPS) is 10.7. The number of hydrogen-bond acceptors (Lipinski definition) is 8. The van der Waals surface area contributed by atoms with Crippen LogP contribution in [0.25, 0.3) is 11.0 Å². The van der Waals surface area contributed by atoms with Crippen LogP contribution >= 0.6 is 23.6 Å².